The molecule has 1 heterocycles. The van der Waals surface area contributed by atoms with Crippen LogP contribution in [0.25, 0.3) is 6.08 Å². The van der Waals surface area contributed by atoms with Crippen LogP contribution in [0.15, 0.2) is 60.2 Å². The van der Waals surface area contributed by atoms with Crippen LogP contribution in [0.4, 0.5) is 10.5 Å². The number of benzene rings is 3. The highest BCUT2D eigenvalue weighted by molar-refractivity contribution is 14.1. The van der Waals surface area contributed by atoms with Crippen LogP contribution in [0.2, 0.25) is 10.0 Å². The topological polar surface area (TPSA) is 84.9 Å². The molecule has 0 atom stereocenters. The second-order valence-electron chi connectivity index (χ2n) is 8.10. The van der Waals surface area contributed by atoms with Gasteiger partial charge in [0.2, 0.25) is 0 Å². The molecule has 0 bridgehead atoms. The largest absolute Gasteiger partial charge is 0.490 e. The Morgan fingerprint density at radius 2 is 1.78 bits per heavy atom. The number of hydrogen-bond donors (Lipinski definition) is 1. The van der Waals surface area contributed by atoms with E-state index in [0.717, 1.165) is 19.6 Å². The van der Waals surface area contributed by atoms with Crippen LogP contribution in [0, 0.1) is 10.5 Å². The van der Waals surface area contributed by atoms with Gasteiger partial charge in [0, 0.05) is 0 Å². The molecule has 190 valence electrons. The van der Waals surface area contributed by atoms with Gasteiger partial charge in [-0.25, -0.2) is 9.69 Å². The predicted molar refractivity (Wildman–Crippen MR) is 151 cm³/mol. The van der Waals surface area contributed by atoms with Crippen molar-refractivity contribution in [2.45, 2.75) is 20.5 Å². The van der Waals surface area contributed by atoms with E-state index >= 15 is 0 Å². The summed E-state index contributed by atoms with van der Waals surface area (Å²) in [7, 11) is 0. The predicted octanol–water partition coefficient (Wildman–Crippen LogP) is 6.55. The molecular weight excluding hydrogens is 630 g/mol. The Morgan fingerprint density at radius 3 is 2.49 bits per heavy atom. The molecule has 0 radical (unpaired) electrons. The molecule has 4 rings (SSSR count). The summed E-state index contributed by atoms with van der Waals surface area (Å²) in [5, 5.41) is 2.63. The van der Waals surface area contributed by atoms with Crippen molar-refractivity contribution < 1.29 is 23.9 Å². The Bertz CT molecular complexity index is 1440. The van der Waals surface area contributed by atoms with Crippen molar-refractivity contribution in [1.29, 1.82) is 0 Å². The highest BCUT2D eigenvalue weighted by Crippen LogP contribution is 2.36. The van der Waals surface area contributed by atoms with Crippen molar-refractivity contribution in [3.05, 3.63) is 90.5 Å². The lowest BCUT2D eigenvalue weighted by Gasteiger charge is -2.26. The highest BCUT2D eigenvalue weighted by Gasteiger charge is 2.37. The maximum absolute atomic E-state index is 13.2. The van der Waals surface area contributed by atoms with Crippen LogP contribution < -0.4 is 19.7 Å². The molecule has 0 aromatic heterocycles. The molecule has 0 aliphatic carbocycles. The summed E-state index contributed by atoms with van der Waals surface area (Å²) in [6, 6.07) is 14.9. The second-order valence-corrected chi connectivity index (χ2v) is 10.1. The van der Waals surface area contributed by atoms with Gasteiger partial charge in [0.25, 0.3) is 11.8 Å². The molecule has 3 aromatic rings. The molecular formula is C27H21Cl2IN2O5. The van der Waals surface area contributed by atoms with Gasteiger partial charge in [-0.1, -0.05) is 53.0 Å². The minimum Gasteiger partial charge on any atom is -0.490 e. The second kappa shape index (κ2) is 11.5. The molecule has 3 aromatic carbocycles. The summed E-state index contributed by atoms with van der Waals surface area (Å²) in [6.07, 6.45) is 1.41. The molecule has 0 unspecified atom stereocenters. The SMILES string of the molecule is CCOc1cc(/C=C2\C(=O)NC(=O)N(c3ccc(Cl)c(Cl)c3)C2=O)cc(I)c1OCc1cccc(C)c1. The van der Waals surface area contributed by atoms with Crippen LogP contribution >= 0.6 is 45.8 Å². The molecule has 7 nitrogen and oxygen atoms in total. The molecule has 10 heteroatoms. The smallest absolute Gasteiger partial charge is 0.335 e. The van der Waals surface area contributed by atoms with Crippen molar-refractivity contribution in [1.82, 2.24) is 5.32 Å². The van der Waals surface area contributed by atoms with E-state index in [2.05, 4.69) is 27.9 Å². The van der Waals surface area contributed by atoms with E-state index in [4.69, 9.17) is 32.7 Å². The Kier molecular flexibility index (Phi) is 8.41. The molecule has 0 saturated carbocycles. The van der Waals surface area contributed by atoms with Gasteiger partial charge in [0.15, 0.2) is 11.5 Å². The average Bonchev–Trinajstić information content (AvgIpc) is 2.83. The molecule has 1 aliphatic heterocycles. The van der Waals surface area contributed by atoms with Gasteiger partial charge in [-0.05, 0) is 84.0 Å². The standard InChI is InChI=1S/C27H21Cl2IN2O5/c1-3-36-23-12-17(11-22(30)24(23)37-14-16-6-4-5-15(2)9-16)10-19-25(33)31-27(35)32(26(19)34)18-7-8-20(28)21(29)13-18/h4-13H,3,14H2,1-2H3,(H,31,33,35)/b19-10+. The van der Waals surface area contributed by atoms with Gasteiger partial charge >= 0.3 is 6.03 Å². The first-order chi connectivity index (χ1) is 17.7. The maximum Gasteiger partial charge on any atom is 0.335 e. The van der Waals surface area contributed by atoms with Gasteiger partial charge in [0.05, 0.1) is 25.9 Å². The van der Waals surface area contributed by atoms with Crippen LogP contribution in [-0.4, -0.2) is 24.5 Å². The van der Waals surface area contributed by atoms with Crippen molar-refractivity contribution in [2.75, 3.05) is 11.5 Å². The van der Waals surface area contributed by atoms with Crippen LogP contribution in [0.5, 0.6) is 11.5 Å². The minimum absolute atomic E-state index is 0.166. The number of imide groups is 2. The Hall–Kier alpha value is -3.08. The number of aryl methyl sites for hydroxylation is 1. The number of anilines is 1. The quantitative estimate of drug-likeness (QED) is 0.178. The summed E-state index contributed by atoms with van der Waals surface area (Å²) >= 11 is 14.1. The number of rotatable bonds is 7. The third-order valence-corrected chi connectivity index (χ3v) is 6.91. The van der Waals surface area contributed by atoms with Crippen LogP contribution in [-0.2, 0) is 16.2 Å². The van der Waals surface area contributed by atoms with Crippen molar-refractivity contribution in [3.8, 4) is 11.5 Å². The summed E-state index contributed by atoms with van der Waals surface area (Å²) in [6.45, 7) is 4.59. The Balaban J connectivity index is 1.67. The highest BCUT2D eigenvalue weighted by atomic mass is 127. The third-order valence-electron chi connectivity index (χ3n) is 5.37. The summed E-state index contributed by atoms with van der Waals surface area (Å²) in [5.74, 6) is -0.577. The Labute approximate surface area is 237 Å². The fourth-order valence-electron chi connectivity index (χ4n) is 3.71. The molecule has 37 heavy (non-hydrogen) atoms. The van der Waals surface area contributed by atoms with Gasteiger partial charge in [-0.15, -0.1) is 0 Å². The molecule has 1 aliphatic rings. The first kappa shape index (κ1) is 27.0. The van der Waals surface area contributed by atoms with Crippen molar-refractivity contribution in [2.24, 2.45) is 0 Å². The average molecular weight is 651 g/mol. The first-order valence-corrected chi connectivity index (χ1v) is 13.0. The number of carbonyl (C=O) groups excluding carboxylic acids is 3. The van der Waals surface area contributed by atoms with Gasteiger partial charge in [-0.3, -0.25) is 14.9 Å². The van der Waals surface area contributed by atoms with Crippen molar-refractivity contribution in [3.63, 3.8) is 0 Å². The van der Waals surface area contributed by atoms with Crippen molar-refractivity contribution >= 4 is 75.4 Å². The number of ether oxygens (including phenoxy) is 2. The number of hydrogen-bond acceptors (Lipinski definition) is 5. The van der Waals surface area contributed by atoms with Gasteiger partial charge in [0.1, 0.15) is 12.2 Å². The lowest BCUT2D eigenvalue weighted by atomic mass is 10.1. The summed E-state index contributed by atoms with van der Waals surface area (Å²) in [4.78, 5) is 39.2. The summed E-state index contributed by atoms with van der Waals surface area (Å²) < 4.78 is 12.6. The van der Waals surface area contributed by atoms with E-state index in [9.17, 15) is 14.4 Å². The molecule has 0 spiro atoms. The summed E-state index contributed by atoms with van der Waals surface area (Å²) in [5.41, 5.74) is 2.63. The number of barbiturate groups is 1. The van der Waals surface area contributed by atoms with Gasteiger partial charge in [-0.2, -0.15) is 0 Å². The van der Waals surface area contributed by atoms with Crippen LogP contribution in [0.3, 0.4) is 0 Å². The lowest BCUT2D eigenvalue weighted by molar-refractivity contribution is -0.122. The maximum atomic E-state index is 13.2. The van der Waals surface area contributed by atoms with E-state index in [-0.39, 0.29) is 21.3 Å². The zero-order valence-corrected chi connectivity index (χ0v) is 23.5. The number of urea groups is 1. The number of nitrogens with one attached hydrogen (secondary N) is 1. The zero-order chi connectivity index (χ0) is 26.7. The monoisotopic (exact) mass is 650 g/mol. The number of amides is 4. The molecule has 1 fully saturated rings. The van der Waals surface area contributed by atoms with E-state index in [1.54, 1.807) is 12.1 Å². The van der Waals surface area contributed by atoms with Gasteiger partial charge < -0.3 is 9.47 Å². The van der Waals surface area contributed by atoms with E-state index in [1.165, 1.54) is 24.3 Å². The number of nitrogens with zero attached hydrogens (tertiary/aromatic N) is 1. The fraction of sp³-hybridized carbons (Fsp3) is 0.148. The van der Waals surface area contributed by atoms with E-state index < -0.39 is 17.8 Å². The number of halogens is 3. The van der Waals surface area contributed by atoms with E-state index in [1.807, 2.05) is 38.1 Å². The molecule has 1 saturated heterocycles. The minimum atomic E-state index is -0.880. The molecule has 1 N–H and O–H groups in total. The zero-order valence-electron chi connectivity index (χ0n) is 19.8. The lowest BCUT2D eigenvalue weighted by Crippen LogP contribution is -2.54. The Morgan fingerprint density at radius 1 is 1.00 bits per heavy atom. The fourth-order valence-corrected chi connectivity index (χ4v) is 4.79. The first-order valence-electron chi connectivity index (χ1n) is 11.2. The third kappa shape index (κ3) is 6.08. The number of carbonyl (C=O) groups is 3. The van der Waals surface area contributed by atoms with E-state index in [0.29, 0.717) is 30.3 Å². The molecule has 4 amide bonds. The van der Waals surface area contributed by atoms with Crippen LogP contribution in [0.1, 0.15) is 23.6 Å². The normalized spacial score (nSPS) is 14.7.